The fourth-order valence-electron chi connectivity index (χ4n) is 7.02. The summed E-state index contributed by atoms with van der Waals surface area (Å²) >= 11 is 0. The molecule has 0 unspecified atom stereocenters. The van der Waals surface area contributed by atoms with E-state index in [4.69, 9.17) is 18.1 Å². The Morgan fingerprint density at radius 1 is 0.388 bits per heavy atom. The molecule has 0 saturated heterocycles. The largest absolute Gasteiger partial charge is 0.455 e. The summed E-state index contributed by atoms with van der Waals surface area (Å²) in [6.07, 6.45) is 0. The van der Waals surface area contributed by atoms with Gasteiger partial charge in [0.15, 0.2) is 0 Å². The van der Waals surface area contributed by atoms with Crippen LogP contribution in [-0.2, 0) is 0 Å². The number of hydrogen-bond acceptors (Lipinski definition) is 1. The van der Waals surface area contributed by atoms with Crippen LogP contribution in [0, 0.1) is 0 Å². The van der Waals surface area contributed by atoms with Crippen molar-refractivity contribution in [2.24, 2.45) is 0 Å². The fraction of sp³-hybridized carbons (Fsp3) is 0. The highest BCUT2D eigenvalue weighted by atomic mass is 16.3. The van der Waals surface area contributed by atoms with Crippen LogP contribution in [0.15, 0.2) is 186 Å². The van der Waals surface area contributed by atoms with Crippen molar-refractivity contribution < 1.29 is 22.2 Å². The van der Waals surface area contributed by atoms with E-state index < -0.39 is 101 Å². The molecular formula is C48H30O. The van der Waals surface area contributed by atoms with Crippen molar-refractivity contribution in [1.82, 2.24) is 0 Å². The standard InChI is InChI=1S/C48H30O/c1-3-13-31(14-4-1)36-26-24-34(29-44(36)32-15-5-2-6-16-32)46-39-19-9-11-21-41(39)47(42-22-12-10-20-40(42)46)35-25-27-38-43-28-23-33-17-7-8-18-37(33)48(43)49-45(38)30-35/h1-30H/i1D,2D,3D,4D,5D,6D,13D,14D,15D,16D,24D,26D,29D. The molecule has 0 N–H and O–H groups in total. The third kappa shape index (κ3) is 4.40. The summed E-state index contributed by atoms with van der Waals surface area (Å²) in [5.41, 5.74) is 1.41. The average Bonchev–Trinajstić information content (AvgIpc) is 3.67. The minimum atomic E-state index is -0.740. The molecule has 228 valence electrons. The fourth-order valence-corrected chi connectivity index (χ4v) is 7.02. The molecule has 0 saturated carbocycles. The van der Waals surface area contributed by atoms with Crippen molar-refractivity contribution in [3.8, 4) is 44.5 Å². The van der Waals surface area contributed by atoms with E-state index in [1.54, 1.807) is 0 Å². The Labute approximate surface area is 302 Å². The van der Waals surface area contributed by atoms with Crippen molar-refractivity contribution in [3.63, 3.8) is 0 Å². The van der Waals surface area contributed by atoms with Gasteiger partial charge in [-0.1, -0.05) is 157 Å². The van der Waals surface area contributed by atoms with Gasteiger partial charge < -0.3 is 4.42 Å². The Morgan fingerprint density at radius 2 is 0.939 bits per heavy atom. The van der Waals surface area contributed by atoms with Crippen molar-refractivity contribution in [2.45, 2.75) is 0 Å². The topological polar surface area (TPSA) is 13.1 Å². The van der Waals surface area contributed by atoms with Crippen LogP contribution < -0.4 is 0 Å². The molecule has 0 atom stereocenters. The number of rotatable bonds is 4. The molecule has 0 bridgehead atoms. The van der Waals surface area contributed by atoms with Crippen LogP contribution in [-0.4, -0.2) is 0 Å². The smallest absolute Gasteiger partial charge is 0.143 e. The highest BCUT2D eigenvalue weighted by Crippen LogP contribution is 2.46. The van der Waals surface area contributed by atoms with Gasteiger partial charge in [0.1, 0.15) is 11.2 Å². The Hall–Kier alpha value is -6.44. The molecule has 49 heavy (non-hydrogen) atoms. The van der Waals surface area contributed by atoms with E-state index in [9.17, 15) is 4.11 Å². The van der Waals surface area contributed by atoms with Crippen molar-refractivity contribution >= 4 is 54.3 Å². The van der Waals surface area contributed by atoms with E-state index in [1.807, 2.05) is 91.0 Å². The Kier molecular flexibility index (Phi) is 3.99. The zero-order valence-electron chi connectivity index (χ0n) is 38.7. The van der Waals surface area contributed by atoms with E-state index in [0.29, 0.717) is 21.9 Å². The van der Waals surface area contributed by atoms with Crippen molar-refractivity contribution in [2.75, 3.05) is 0 Å². The lowest BCUT2D eigenvalue weighted by molar-refractivity contribution is 0.673. The quantitative estimate of drug-likeness (QED) is 0.175. The van der Waals surface area contributed by atoms with Crippen molar-refractivity contribution in [3.05, 3.63) is 182 Å². The van der Waals surface area contributed by atoms with Gasteiger partial charge in [-0.3, -0.25) is 0 Å². The summed E-state index contributed by atoms with van der Waals surface area (Å²) in [5.74, 6) is 0. The minimum absolute atomic E-state index is 0.105. The third-order valence-electron chi connectivity index (χ3n) is 9.15. The van der Waals surface area contributed by atoms with E-state index in [-0.39, 0.29) is 5.56 Å². The Bertz CT molecular complexity index is 3510. The second-order valence-electron chi connectivity index (χ2n) is 11.8. The molecule has 10 aromatic rings. The van der Waals surface area contributed by atoms with Gasteiger partial charge in [0.25, 0.3) is 0 Å². The van der Waals surface area contributed by atoms with Crippen LogP contribution in [0.3, 0.4) is 0 Å². The van der Waals surface area contributed by atoms with E-state index in [2.05, 4.69) is 12.1 Å². The van der Waals surface area contributed by atoms with E-state index in [0.717, 1.165) is 49.0 Å². The van der Waals surface area contributed by atoms with E-state index >= 15 is 0 Å². The zero-order chi connectivity index (χ0) is 43.6. The normalized spacial score (nSPS) is 15.4. The Balaban J connectivity index is 1.33. The summed E-state index contributed by atoms with van der Waals surface area (Å²) in [6.45, 7) is 0. The predicted molar refractivity (Wildman–Crippen MR) is 208 cm³/mol. The maximum absolute atomic E-state index is 9.99. The molecule has 1 heterocycles. The van der Waals surface area contributed by atoms with Gasteiger partial charge in [0.2, 0.25) is 0 Å². The third-order valence-corrected chi connectivity index (χ3v) is 9.15. The van der Waals surface area contributed by atoms with Crippen LogP contribution in [0.5, 0.6) is 0 Å². The van der Waals surface area contributed by atoms with Crippen LogP contribution in [0.2, 0.25) is 0 Å². The van der Waals surface area contributed by atoms with Gasteiger partial charge in [-0.2, -0.15) is 0 Å². The van der Waals surface area contributed by atoms with Gasteiger partial charge in [-0.15, -0.1) is 0 Å². The van der Waals surface area contributed by atoms with Gasteiger partial charge in [-0.25, -0.2) is 0 Å². The summed E-state index contributed by atoms with van der Waals surface area (Å²) in [6, 6.07) is 24.1. The first-order valence-electron chi connectivity index (χ1n) is 22.3. The van der Waals surface area contributed by atoms with E-state index in [1.165, 1.54) is 0 Å². The number of fused-ring (bicyclic) bond motifs is 7. The van der Waals surface area contributed by atoms with Gasteiger partial charge in [0.05, 0.1) is 17.8 Å². The summed E-state index contributed by atoms with van der Waals surface area (Å²) in [5, 5.41) is 6.60. The molecule has 1 nitrogen and oxygen atoms in total. The first kappa shape index (κ1) is 17.6. The second kappa shape index (κ2) is 11.1. The van der Waals surface area contributed by atoms with Gasteiger partial charge >= 0.3 is 0 Å². The molecule has 10 rings (SSSR count). The lowest BCUT2D eigenvalue weighted by Gasteiger charge is -2.19. The Morgan fingerprint density at radius 3 is 1.59 bits per heavy atom. The molecular weight excluding hydrogens is 593 g/mol. The maximum atomic E-state index is 9.99. The first-order valence-corrected chi connectivity index (χ1v) is 15.8. The molecule has 0 fully saturated rings. The number of benzene rings is 9. The first-order chi connectivity index (χ1) is 29.7. The molecule has 0 spiro atoms. The minimum Gasteiger partial charge on any atom is -0.455 e. The molecule has 0 amide bonds. The second-order valence-corrected chi connectivity index (χ2v) is 11.8. The molecule has 9 aromatic carbocycles. The number of furan rings is 1. The highest BCUT2D eigenvalue weighted by molar-refractivity contribution is 6.22. The van der Waals surface area contributed by atoms with Crippen LogP contribution in [0.25, 0.3) is 98.8 Å². The van der Waals surface area contributed by atoms with Crippen molar-refractivity contribution in [1.29, 1.82) is 0 Å². The SMILES string of the molecule is [2H]c1c([2H])c([2H])c(-c2c([2H])c([2H])c(-c3c4ccccc4c(-c4ccc5c(c4)oc4c6ccccc6ccc54)c4ccccc34)c([2H])c2-c2c([2H])c([2H])c([2H])c([2H])c2[2H])c([2H])c1[2H]. The molecule has 0 aliphatic heterocycles. The molecule has 1 aromatic heterocycles. The average molecular weight is 636 g/mol. The van der Waals surface area contributed by atoms with Gasteiger partial charge in [-0.05, 0) is 95.7 Å². The van der Waals surface area contributed by atoms with Crippen LogP contribution in [0.1, 0.15) is 17.8 Å². The lowest BCUT2D eigenvalue weighted by atomic mass is 9.84. The summed E-state index contributed by atoms with van der Waals surface area (Å²) in [7, 11) is 0. The zero-order valence-corrected chi connectivity index (χ0v) is 25.7. The van der Waals surface area contributed by atoms with Crippen LogP contribution >= 0.6 is 0 Å². The molecule has 0 aliphatic carbocycles. The summed E-state index contributed by atoms with van der Waals surface area (Å²) in [4.78, 5) is 0. The molecule has 1 heteroatoms. The lowest BCUT2D eigenvalue weighted by Crippen LogP contribution is -1.92. The molecule has 0 radical (unpaired) electrons. The molecule has 0 aliphatic rings. The highest BCUT2D eigenvalue weighted by Gasteiger charge is 2.19. The maximum Gasteiger partial charge on any atom is 0.143 e. The van der Waals surface area contributed by atoms with Gasteiger partial charge in [0, 0.05) is 16.2 Å². The predicted octanol–water partition coefficient (Wildman–Crippen LogP) is 13.7. The summed E-state index contributed by atoms with van der Waals surface area (Å²) < 4.78 is 122. The van der Waals surface area contributed by atoms with Crippen LogP contribution in [0.4, 0.5) is 0 Å². The monoisotopic (exact) mass is 635 g/mol. The number of hydrogen-bond donors (Lipinski definition) is 0.